The molecule has 2 aromatic rings. The van der Waals surface area contributed by atoms with Crippen molar-refractivity contribution in [3.63, 3.8) is 0 Å². The van der Waals surface area contributed by atoms with Crippen molar-refractivity contribution in [2.75, 3.05) is 0 Å². The van der Waals surface area contributed by atoms with Gasteiger partial charge in [0, 0.05) is 0 Å². The van der Waals surface area contributed by atoms with E-state index >= 15 is 0 Å². The lowest BCUT2D eigenvalue weighted by atomic mass is 9.91. The van der Waals surface area contributed by atoms with E-state index in [0.29, 0.717) is 17.5 Å². The molecule has 0 heterocycles. The fraction of sp³-hybridized carbons (Fsp3) is 0.176. The molecule has 104 valence electrons. The highest BCUT2D eigenvalue weighted by molar-refractivity contribution is 5.66. The van der Waals surface area contributed by atoms with Crippen LogP contribution in [0.1, 0.15) is 33.4 Å². The van der Waals surface area contributed by atoms with E-state index in [1.165, 1.54) is 0 Å². The van der Waals surface area contributed by atoms with Gasteiger partial charge in [0.25, 0.3) is 0 Å². The van der Waals surface area contributed by atoms with Crippen LogP contribution in [0.25, 0.3) is 0 Å². The van der Waals surface area contributed by atoms with Crippen molar-refractivity contribution in [2.24, 2.45) is 0 Å². The SMILES string of the molecule is Cc1cccc(Cc2c(C)c(O)c(O)c(C#N)c2C#N)c1. The summed E-state index contributed by atoms with van der Waals surface area (Å²) in [6.07, 6.45) is 0.416. The largest absolute Gasteiger partial charge is 0.504 e. The van der Waals surface area contributed by atoms with Crippen molar-refractivity contribution in [3.8, 4) is 23.6 Å². The predicted octanol–water partition coefficient (Wildman–Crippen LogP) is 3.05. The number of phenols is 2. The quantitative estimate of drug-likeness (QED) is 0.826. The summed E-state index contributed by atoms with van der Waals surface area (Å²) in [6.45, 7) is 3.60. The van der Waals surface area contributed by atoms with Crippen LogP contribution < -0.4 is 0 Å². The number of benzene rings is 2. The summed E-state index contributed by atoms with van der Waals surface area (Å²) in [4.78, 5) is 0. The number of hydrogen-bond acceptors (Lipinski definition) is 4. The smallest absolute Gasteiger partial charge is 0.177 e. The summed E-state index contributed by atoms with van der Waals surface area (Å²) < 4.78 is 0. The van der Waals surface area contributed by atoms with Gasteiger partial charge in [0.05, 0.1) is 5.56 Å². The van der Waals surface area contributed by atoms with Crippen LogP contribution in [0.4, 0.5) is 0 Å². The molecule has 0 aromatic heterocycles. The van der Waals surface area contributed by atoms with Crippen molar-refractivity contribution >= 4 is 0 Å². The zero-order chi connectivity index (χ0) is 15.6. The molecule has 0 atom stereocenters. The van der Waals surface area contributed by atoms with E-state index < -0.39 is 5.75 Å². The van der Waals surface area contributed by atoms with Gasteiger partial charge in [-0.2, -0.15) is 10.5 Å². The Hall–Kier alpha value is -2.98. The summed E-state index contributed by atoms with van der Waals surface area (Å²) in [6, 6.07) is 11.5. The number of nitriles is 2. The number of aryl methyl sites for hydroxylation is 1. The van der Waals surface area contributed by atoms with Gasteiger partial charge in [-0.3, -0.25) is 0 Å². The second kappa shape index (κ2) is 5.56. The number of phenolic OH excluding ortho intramolecular Hbond substituents is 2. The predicted molar refractivity (Wildman–Crippen MR) is 77.9 cm³/mol. The van der Waals surface area contributed by atoms with Gasteiger partial charge in [0.2, 0.25) is 0 Å². The molecule has 4 nitrogen and oxygen atoms in total. The second-order valence-electron chi connectivity index (χ2n) is 4.94. The normalized spacial score (nSPS) is 9.90. The van der Waals surface area contributed by atoms with Crippen molar-refractivity contribution < 1.29 is 10.2 Å². The van der Waals surface area contributed by atoms with Gasteiger partial charge in [0.1, 0.15) is 17.7 Å². The Morgan fingerprint density at radius 3 is 2.24 bits per heavy atom. The van der Waals surface area contributed by atoms with E-state index in [0.717, 1.165) is 11.1 Å². The summed E-state index contributed by atoms with van der Waals surface area (Å²) in [5, 5.41) is 38.2. The Bertz CT molecular complexity index is 796. The van der Waals surface area contributed by atoms with Crippen molar-refractivity contribution in [1.82, 2.24) is 0 Å². The first-order valence-electron chi connectivity index (χ1n) is 6.42. The van der Waals surface area contributed by atoms with Crippen LogP contribution in [0.15, 0.2) is 24.3 Å². The van der Waals surface area contributed by atoms with E-state index in [2.05, 4.69) is 0 Å². The van der Waals surface area contributed by atoms with Crippen molar-refractivity contribution in [3.05, 3.63) is 57.6 Å². The molecule has 4 heteroatoms. The van der Waals surface area contributed by atoms with E-state index in [4.69, 9.17) is 5.26 Å². The van der Waals surface area contributed by atoms with Crippen LogP contribution >= 0.6 is 0 Å². The molecule has 0 spiro atoms. The van der Waals surface area contributed by atoms with Gasteiger partial charge in [0.15, 0.2) is 11.5 Å². The molecule has 0 aliphatic carbocycles. The molecule has 2 N–H and O–H groups in total. The van der Waals surface area contributed by atoms with Crippen molar-refractivity contribution in [1.29, 1.82) is 10.5 Å². The first-order chi connectivity index (χ1) is 9.99. The highest BCUT2D eigenvalue weighted by Crippen LogP contribution is 2.38. The third-order valence-corrected chi connectivity index (χ3v) is 3.51. The Balaban J connectivity index is 2.67. The summed E-state index contributed by atoms with van der Waals surface area (Å²) >= 11 is 0. The first kappa shape index (κ1) is 14.4. The molecule has 0 radical (unpaired) electrons. The van der Waals surface area contributed by atoms with Gasteiger partial charge in [-0.15, -0.1) is 0 Å². The highest BCUT2D eigenvalue weighted by Gasteiger charge is 2.21. The standard InChI is InChI=1S/C17H14N2O2/c1-10-4-3-5-12(6-10)7-13-11(2)16(20)17(21)15(9-19)14(13)8-18/h3-6,20-21H,7H2,1-2H3. The average Bonchev–Trinajstić information content (AvgIpc) is 2.47. The van der Waals surface area contributed by atoms with Gasteiger partial charge in [-0.05, 0) is 37.0 Å². The molecular formula is C17H14N2O2. The maximum absolute atomic E-state index is 9.94. The fourth-order valence-electron chi connectivity index (χ4n) is 2.38. The van der Waals surface area contributed by atoms with Crippen LogP contribution in [-0.2, 0) is 6.42 Å². The molecule has 0 saturated heterocycles. The minimum Gasteiger partial charge on any atom is -0.504 e. The number of aromatic hydroxyl groups is 2. The molecule has 0 fully saturated rings. The van der Waals surface area contributed by atoms with E-state index in [1.54, 1.807) is 13.0 Å². The molecule has 0 bridgehead atoms. The highest BCUT2D eigenvalue weighted by atomic mass is 16.3. The number of rotatable bonds is 2. The topological polar surface area (TPSA) is 88.0 Å². The molecule has 0 unspecified atom stereocenters. The van der Waals surface area contributed by atoms with Gasteiger partial charge in [-0.1, -0.05) is 29.8 Å². The van der Waals surface area contributed by atoms with Gasteiger partial charge >= 0.3 is 0 Å². The third-order valence-electron chi connectivity index (χ3n) is 3.51. The third kappa shape index (κ3) is 2.52. The van der Waals surface area contributed by atoms with Gasteiger partial charge < -0.3 is 10.2 Å². The minimum absolute atomic E-state index is 0.117. The zero-order valence-corrected chi connectivity index (χ0v) is 11.8. The lowest BCUT2D eigenvalue weighted by Crippen LogP contribution is -2.01. The van der Waals surface area contributed by atoms with E-state index in [-0.39, 0.29) is 16.9 Å². The lowest BCUT2D eigenvalue weighted by Gasteiger charge is -2.13. The van der Waals surface area contributed by atoms with Crippen LogP contribution in [0.5, 0.6) is 11.5 Å². The average molecular weight is 278 g/mol. The molecule has 21 heavy (non-hydrogen) atoms. The first-order valence-corrected chi connectivity index (χ1v) is 6.42. The summed E-state index contributed by atoms with van der Waals surface area (Å²) in [7, 11) is 0. The molecule has 0 amide bonds. The van der Waals surface area contributed by atoms with Crippen LogP contribution in [0, 0.1) is 36.5 Å². The molecule has 0 aliphatic rings. The lowest BCUT2D eigenvalue weighted by molar-refractivity contribution is 0.399. The van der Waals surface area contributed by atoms with Crippen molar-refractivity contribution in [2.45, 2.75) is 20.3 Å². The van der Waals surface area contributed by atoms with Crippen LogP contribution in [0.3, 0.4) is 0 Å². The van der Waals surface area contributed by atoms with Crippen LogP contribution in [0.2, 0.25) is 0 Å². The summed E-state index contributed by atoms with van der Waals surface area (Å²) in [5.41, 5.74) is 2.99. The monoisotopic (exact) mass is 278 g/mol. The molecular weight excluding hydrogens is 264 g/mol. The maximum Gasteiger partial charge on any atom is 0.177 e. The molecule has 2 aromatic carbocycles. The summed E-state index contributed by atoms with van der Waals surface area (Å²) in [5.74, 6) is -0.868. The Kier molecular flexibility index (Phi) is 3.82. The second-order valence-corrected chi connectivity index (χ2v) is 4.94. The molecule has 0 aliphatic heterocycles. The zero-order valence-electron chi connectivity index (χ0n) is 11.8. The Morgan fingerprint density at radius 1 is 1.00 bits per heavy atom. The molecule has 0 saturated carbocycles. The minimum atomic E-state index is -0.528. The Morgan fingerprint density at radius 2 is 1.67 bits per heavy atom. The number of hydrogen-bond donors (Lipinski definition) is 2. The van der Waals surface area contributed by atoms with Crippen LogP contribution in [-0.4, -0.2) is 10.2 Å². The fourth-order valence-corrected chi connectivity index (χ4v) is 2.38. The molecule has 2 rings (SSSR count). The Labute approximate surface area is 123 Å². The maximum atomic E-state index is 9.94. The van der Waals surface area contributed by atoms with Gasteiger partial charge in [-0.25, -0.2) is 0 Å². The van der Waals surface area contributed by atoms with E-state index in [9.17, 15) is 15.5 Å². The van der Waals surface area contributed by atoms with E-state index in [1.807, 2.05) is 37.3 Å². The number of nitrogens with zero attached hydrogens (tertiary/aromatic N) is 2.